The van der Waals surface area contributed by atoms with Crippen molar-refractivity contribution in [1.29, 1.82) is 0 Å². The molecule has 0 bridgehead atoms. The van der Waals surface area contributed by atoms with E-state index in [1.807, 2.05) is 0 Å². The molecular weight excluding hydrogens is 591 g/mol. The summed E-state index contributed by atoms with van der Waals surface area (Å²) in [5, 5.41) is 0. The maximum absolute atomic E-state index is 2.47. The summed E-state index contributed by atoms with van der Waals surface area (Å²) in [5.41, 5.74) is 19.1. The Morgan fingerprint density at radius 2 is 0.878 bits per heavy atom. The summed E-state index contributed by atoms with van der Waals surface area (Å²) in [6, 6.07) is 60.5. The third-order valence-corrected chi connectivity index (χ3v) is 11.1. The normalized spacial score (nSPS) is 14.4. The summed E-state index contributed by atoms with van der Waals surface area (Å²) < 4.78 is 0. The van der Waals surface area contributed by atoms with E-state index >= 15 is 0 Å². The number of rotatable bonds is 5. The first-order chi connectivity index (χ1) is 23.8. The summed E-state index contributed by atoms with van der Waals surface area (Å²) >= 11 is 0. The highest BCUT2D eigenvalue weighted by atomic mass is 15.1. The van der Waals surface area contributed by atoms with Crippen molar-refractivity contribution < 1.29 is 0 Å². The molecule has 0 heterocycles. The van der Waals surface area contributed by atoms with Crippen molar-refractivity contribution in [3.8, 4) is 44.5 Å². The summed E-state index contributed by atoms with van der Waals surface area (Å²) in [5.74, 6) is 0. The quantitative estimate of drug-likeness (QED) is 0.183. The minimum Gasteiger partial charge on any atom is -0.310 e. The van der Waals surface area contributed by atoms with E-state index < -0.39 is 0 Å². The Morgan fingerprint density at radius 3 is 1.67 bits per heavy atom. The Labute approximate surface area is 290 Å². The van der Waals surface area contributed by atoms with Crippen molar-refractivity contribution in [3.05, 3.63) is 186 Å². The minimum atomic E-state index is -0.0687. The molecule has 0 amide bonds. The molecule has 1 nitrogen and oxygen atoms in total. The highest BCUT2D eigenvalue weighted by Gasteiger charge is 2.38. The third kappa shape index (κ3) is 4.46. The topological polar surface area (TPSA) is 3.24 Å². The minimum absolute atomic E-state index is 0.0504. The van der Waals surface area contributed by atoms with Gasteiger partial charge >= 0.3 is 0 Å². The maximum atomic E-state index is 2.47. The van der Waals surface area contributed by atoms with Gasteiger partial charge in [0.2, 0.25) is 0 Å². The van der Waals surface area contributed by atoms with Crippen LogP contribution >= 0.6 is 0 Å². The van der Waals surface area contributed by atoms with Gasteiger partial charge in [0.15, 0.2) is 0 Å². The molecule has 7 aromatic carbocycles. The Kier molecular flexibility index (Phi) is 6.58. The highest BCUT2D eigenvalue weighted by Crippen LogP contribution is 2.55. The molecule has 0 atom stereocenters. The van der Waals surface area contributed by atoms with Crippen molar-refractivity contribution in [2.24, 2.45) is 0 Å². The van der Waals surface area contributed by atoms with Gasteiger partial charge in [0, 0.05) is 27.8 Å². The number of hydrogen-bond donors (Lipinski definition) is 0. The van der Waals surface area contributed by atoms with Crippen LogP contribution in [0.5, 0.6) is 0 Å². The summed E-state index contributed by atoms with van der Waals surface area (Å²) in [7, 11) is 0. The predicted octanol–water partition coefficient (Wildman–Crippen LogP) is 13.1. The second-order valence-corrected chi connectivity index (χ2v) is 14.6. The number of nitrogens with zero attached hydrogens (tertiary/aromatic N) is 1. The van der Waals surface area contributed by atoms with Crippen molar-refractivity contribution in [1.82, 2.24) is 0 Å². The fraction of sp³-hybridized carbons (Fsp3) is 0.125. The van der Waals surface area contributed by atoms with Crippen LogP contribution in [0.25, 0.3) is 44.5 Å². The highest BCUT2D eigenvalue weighted by molar-refractivity contribution is 5.99. The van der Waals surface area contributed by atoms with Crippen molar-refractivity contribution in [3.63, 3.8) is 0 Å². The van der Waals surface area contributed by atoms with E-state index in [4.69, 9.17) is 0 Å². The van der Waals surface area contributed by atoms with E-state index in [9.17, 15) is 0 Å². The molecular formula is C48H39N. The zero-order valence-corrected chi connectivity index (χ0v) is 28.5. The van der Waals surface area contributed by atoms with E-state index in [0.717, 1.165) is 17.1 Å². The summed E-state index contributed by atoms with van der Waals surface area (Å²) in [4.78, 5) is 2.47. The lowest BCUT2D eigenvalue weighted by atomic mass is 9.82. The Hall–Kier alpha value is -5.66. The van der Waals surface area contributed by atoms with E-state index in [-0.39, 0.29) is 10.8 Å². The average Bonchev–Trinajstić information content (AvgIpc) is 3.52. The van der Waals surface area contributed by atoms with Gasteiger partial charge in [-0.15, -0.1) is 0 Å². The van der Waals surface area contributed by atoms with Crippen LogP contribution in [0, 0.1) is 0 Å². The second kappa shape index (κ2) is 10.9. The number of benzene rings is 7. The molecule has 0 saturated carbocycles. The fourth-order valence-electron chi connectivity index (χ4n) is 8.61. The number of fused-ring (bicyclic) bond motifs is 6. The monoisotopic (exact) mass is 629 g/mol. The molecule has 0 radical (unpaired) electrons. The summed E-state index contributed by atoms with van der Waals surface area (Å²) in [6.45, 7) is 9.42. The van der Waals surface area contributed by atoms with Gasteiger partial charge in [-0.25, -0.2) is 0 Å². The van der Waals surface area contributed by atoms with Gasteiger partial charge in [0.25, 0.3) is 0 Å². The molecule has 0 unspecified atom stereocenters. The maximum Gasteiger partial charge on any atom is 0.0540 e. The van der Waals surface area contributed by atoms with Crippen LogP contribution in [-0.2, 0) is 10.8 Å². The van der Waals surface area contributed by atoms with Crippen LogP contribution in [0.2, 0.25) is 0 Å². The van der Waals surface area contributed by atoms with Gasteiger partial charge < -0.3 is 4.90 Å². The first-order valence-electron chi connectivity index (χ1n) is 17.4. The average molecular weight is 630 g/mol. The molecule has 0 saturated heterocycles. The molecule has 49 heavy (non-hydrogen) atoms. The van der Waals surface area contributed by atoms with Gasteiger partial charge in [0.05, 0.1) is 5.69 Å². The molecule has 0 aromatic heterocycles. The second-order valence-electron chi connectivity index (χ2n) is 14.6. The molecule has 236 valence electrons. The van der Waals surface area contributed by atoms with E-state index in [0.29, 0.717) is 0 Å². The number of para-hydroxylation sites is 1. The first kappa shape index (κ1) is 29.5. The van der Waals surface area contributed by atoms with Gasteiger partial charge in [-0.1, -0.05) is 161 Å². The van der Waals surface area contributed by atoms with Crippen molar-refractivity contribution in [2.75, 3.05) is 4.90 Å². The zero-order valence-electron chi connectivity index (χ0n) is 28.5. The number of anilines is 3. The van der Waals surface area contributed by atoms with E-state index in [1.54, 1.807) is 0 Å². The van der Waals surface area contributed by atoms with E-state index in [1.165, 1.54) is 66.8 Å². The van der Waals surface area contributed by atoms with Crippen molar-refractivity contribution in [2.45, 2.75) is 38.5 Å². The van der Waals surface area contributed by atoms with Gasteiger partial charge in [-0.05, 0) is 91.5 Å². The zero-order chi connectivity index (χ0) is 33.3. The lowest BCUT2D eigenvalue weighted by Gasteiger charge is -2.30. The first-order valence-corrected chi connectivity index (χ1v) is 17.4. The Balaban J connectivity index is 1.30. The lowest BCUT2D eigenvalue weighted by molar-refractivity contribution is 0.660. The van der Waals surface area contributed by atoms with E-state index in [2.05, 4.69) is 196 Å². The fourth-order valence-corrected chi connectivity index (χ4v) is 8.61. The molecule has 0 spiro atoms. The molecule has 2 aliphatic rings. The molecule has 0 fully saturated rings. The van der Waals surface area contributed by atoms with Crippen LogP contribution in [0.15, 0.2) is 164 Å². The van der Waals surface area contributed by atoms with Gasteiger partial charge in [0.1, 0.15) is 0 Å². The van der Waals surface area contributed by atoms with Gasteiger partial charge in [-0.3, -0.25) is 0 Å². The lowest BCUT2D eigenvalue weighted by Crippen LogP contribution is -2.15. The number of hydrogen-bond acceptors (Lipinski definition) is 1. The Morgan fingerprint density at radius 1 is 0.347 bits per heavy atom. The molecule has 0 aliphatic heterocycles. The molecule has 2 aliphatic carbocycles. The van der Waals surface area contributed by atoms with Crippen molar-refractivity contribution >= 4 is 17.1 Å². The van der Waals surface area contributed by atoms with Crippen LogP contribution in [0.1, 0.15) is 49.9 Å². The van der Waals surface area contributed by atoms with Crippen LogP contribution < -0.4 is 4.90 Å². The van der Waals surface area contributed by atoms with Crippen LogP contribution in [0.4, 0.5) is 17.1 Å². The Bertz CT molecular complexity index is 2390. The summed E-state index contributed by atoms with van der Waals surface area (Å²) in [6.07, 6.45) is 0. The molecule has 7 aromatic rings. The standard InChI is InChI=1S/C48H39N/c1-47(2)41-24-11-8-20-36(41)40-31-35(28-29-43(40)47)49(34-19-14-18-33(30-34)32-16-6-5-7-17-32)45-27-13-10-21-37(45)38-23-15-26-44-46(38)39-22-9-12-25-42(39)48(44,3)4/h5-31H,1-4H3. The predicted molar refractivity (Wildman–Crippen MR) is 207 cm³/mol. The molecule has 1 heteroatoms. The largest absolute Gasteiger partial charge is 0.310 e. The van der Waals surface area contributed by atoms with Gasteiger partial charge in [-0.2, -0.15) is 0 Å². The SMILES string of the molecule is CC1(C)c2ccccc2-c2cc(N(c3cccc(-c4ccccc4)c3)c3ccccc3-c3cccc4c3-c3ccccc3C4(C)C)ccc21. The molecule has 9 rings (SSSR count). The third-order valence-electron chi connectivity index (χ3n) is 11.1. The smallest absolute Gasteiger partial charge is 0.0540 e. The van der Waals surface area contributed by atoms with Crippen LogP contribution in [-0.4, -0.2) is 0 Å². The molecule has 0 N–H and O–H groups in total. The van der Waals surface area contributed by atoms with Crippen LogP contribution in [0.3, 0.4) is 0 Å².